The Balaban J connectivity index is 1.47. The van der Waals surface area contributed by atoms with Gasteiger partial charge in [-0.25, -0.2) is 0 Å². The number of carbonyl (C=O) groups is 2. The molecule has 1 saturated heterocycles. The summed E-state index contributed by atoms with van der Waals surface area (Å²) in [5.41, 5.74) is 1.71. The molecule has 2 aromatic carbocycles. The Morgan fingerprint density at radius 2 is 1.87 bits per heavy atom. The summed E-state index contributed by atoms with van der Waals surface area (Å²) in [4.78, 5) is 26.0. The molecular formula is C22H25ClN2O4S2. The summed E-state index contributed by atoms with van der Waals surface area (Å²) in [6, 6.07) is 12.8. The van der Waals surface area contributed by atoms with Gasteiger partial charge in [-0.2, -0.15) is 0 Å². The number of halogens is 1. The summed E-state index contributed by atoms with van der Waals surface area (Å²) in [5, 5.41) is 3.18. The number of likely N-dealkylation sites (N-methyl/N-ethyl adjacent to an activating group) is 1. The average molecular weight is 481 g/mol. The van der Waals surface area contributed by atoms with Gasteiger partial charge >= 0.3 is 0 Å². The lowest BCUT2D eigenvalue weighted by atomic mass is 10.2. The van der Waals surface area contributed by atoms with Crippen LogP contribution in [0.5, 0.6) is 11.5 Å². The van der Waals surface area contributed by atoms with Crippen molar-refractivity contribution in [2.24, 2.45) is 0 Å². The minimum atomic E-state index is -0.358. The lowest BCUT2D eigenvalue weighted by Gasteiger charge is -2.21. The highest BCUT2D eigenvalue weighted by Gasteiger charge is 2.17. The number of amides is 2. The van der Waals surface area contributed by atoms with Crippen LogP contribution in [0.2, 0.25) is 5.02 Å². The van der Waals surface area contributed by atoms with E-state index in [4.69, 9.17) is 21.1 Å². The maximum Gasteiger partial charge on any atom is 0.260 e. The molecule has 3 rings (SSSR count). The summed E-state index contributed by atoms with van der Waals surface area (Å²) in [5.74, 6) is 2.84. The number of ether oxygens (including phenoxy) is 2. The Morgan fingerprint density at radius 3 is 2.55 bits per heavy atom. The Hall–Kier alpha value is -2.03. The van der Waals surface area contributed by atoms with E-state index in [1.165, 1.54) is 35.5 Å². The van der Waals surface area contributed by atoms with Crippen LogP contribution in [-0.4, -0.2) is 55.5 Å². The number of rotatable bonds is 8. The molecule has 0 radical (unpaired) electrons. The quantitative estimate of drug-likeness (QED) is 0.591. The van der Waals surface area contributed by atoms with E-state index in [1.807, 2.05) is 47.8 Å². The second-order valence-electron chi connectivity index (χ2n) is 6.93. The first-order valence-corrected chi connectivity index (χ1v) is 12.3. The first-order chi connectivity index (χ1) is 15.0. The van der Waals surface area contributed by atoms with Crippen molar-refractivity contribution in [3.63, 3.8) is 0 Å². The van der Waals surface area contributed by atoms with Crippen LogP contribution in [0.25, 0.3) is 0 Å². The van der Waals surface area contributed by atoms with E-state index in [0.29, 0.717) is 26.8 Å². The van der Waals surface area contributed by atoms with Crippen LogP contribution >= 0.6 is 35.1 Å². The molecule has 166 valence electrons. The van der Waals surface area contributed by atoms with Crippen molar-refractivity contribution < 1.29 is 19.1 Å². The molecule has 0 atom stereocenters. The van der Waals surface area contributed by atoms with E-state index in [1.54, 1.807) is 25.2 Å². The van der Waals surface area contributed by atoms with Gasteiger partial charge in [0.15, 0.2) is 6.61 Å². The number of benzene rings is 2. The van der Waals surface area contributed by atoms with Crippen LogP contribution in [0.15, 0.2) is 42.5 Å². The summed E-state index contributed by atoms with van der Waals surface area (Å²) in [6.07, 6.45) is 1.26. The van der Waals surface area contributed by atoms with Crippen LogP contribution in [-0.2, 0) is 9.59 Å². The third-order valence-electron chi connectivity index (χ3n) is 4.58. The van der Waals surface area contributed by atoms with Crippen molar-refractivity contribution >= 4 is 52.6 Å². The van der Waals surface area contributed by atoms with Gasteiger partial charge in [0.2, 0.25) is 5.91 Å². The molecule has 0 bridgehead atoms. The first-order valence-electron chi connectivity index (χ1n) is 9.79. The molecule has 0 aliphatic carbocycles. The summed E-state index contributed by atoms with van der Waals surface area (Å²) < 4.78 is 11.3. The van der Waals surface area contributed by atoms with E-state index >= 15 is 0 Å². The van der Waals surface area contributed by atoms with Crippen molar-refractivity contribution in [2.75, 3.05) is 44.1 Å². The highest BCUT2D eigenvalue weighted by molar-refractivity contribution is 8.16. The molecule has 2 amide bonds. The van der Waals surface area contributed by atoms with E-state index in [9.17, 15) is 9.59 Å². The van der Waals surface area contributed by atoms with Crippen LogP contribution in [0.4, 0.5) is 5.69 Å². The molecule has 0 saturated carbocycles. The SMILES string of the molecule is COc1ccc(Cl)cc1NC(=O)CN(C)C(=O)COc1ccc(C2SCCCS2)cc1. The normalized spacial score (nSPS) is 14.0. The Labute approximate surface area is 196 Å². The van der Waals surface area contributed by atoms with Crippen LogP contribution in [0, 0.1) is 0 Å². The third-order valence-corrected chi connectivity index (χ3v) is 7.83. The zero-order valence-corrected chi connectivity index (χ0v) is 19.8. The van der Waals surface area contributed by atoms with E-state index in [2.05, 4.69) is 5.32 Å². The van der Waals surface area contributed by atoms with Crippen molar-refractivity contribution in [3.05, 3.63) is 53.1 Å². The van der Waals surface area contributed by atoms with Gasteiger partial charge in [0, 0.05) is 12.1 Å². The summed E-state index contributed by atoms with van der Waals surface area (Å²) >= 11 is 9.90. The number of nitrogens with zero attached hydrogens (tertiary/aromatic N) is 1. The van der Waals surface area contributed by atoms with E-state index in [-0.39, 0.29) is 25.0 Å². The minimum absolute atomic E-state index is 0.118. The van der Waals surface area contributed by atoms with Crippen LogP contribution in [0.3, 0.4) is 0 Å². The fourth-order valence-corrected chi connectivity index (χ4v) is 5.99. The molecule has 0 aromatic heterocycles. The highest BCUT2D eigenvalue weighted by Crippen LogP contribution is 2.43. The molecule has 6 nitrogen and oxygen atoms in total. The monoisotopic (exact) mass is 480 g/mol. The lowest BCUT2D eigenvalue weighted by Crippen LogP contribution is -2.37. The number of nitrogens with one attached hydrogen (secondary N) is 1. The number of thioether (sulfide) groups is 2. The Morgan fingerprint density at radius 1 is 1.16 bits per heavy atom. The predicted octanol–water partition coefficient (Wildman–Crippen LogP) is 4.69. The molecule has 0 spiro atoms. The number of carbonyl (C=O) groups excluding carboxylic acids is 2. The predicted molar refractivity (Wildman–Crippen MR) is 128 cm³/mol. The number of hydrogen-bond donors (Lipinski definition) is 1. The number of hydrogen-bond acceptors (Lipinski definition) is 6. The van der Waals surface area contributed by atoms with Crippen molar-refractivity contribution in [1.29, 1.82) is 0 Å². The number of methoxy groups -OCH3 is 1. The first kappa shape index (κ1) is 23.6. The van der Waals surface area contributed by atoms with Gasteiger partial charge in [0.25, 0.3) is 5.91 Å². The van der Waals surface area contributed by atoms with E-state index < -0.39 is 0 Å². The van der Waals surface area contributed by atoms with Crippen LogP contribution in [0.1, 0.15) is 16.6 Å². The average Bonchev–Trinajstić information content (AvgIpc) is 2.78. The molecular weight excluding hydrogens is 456 g/mol. The zero-order valence-electron chi connectivity index (χ0n) is 17.4. The molecule has 31 heavy (non-hydrogen) atoms. The third kappa shape index (κ3) is 6.98. The largest absolute Gasteiger partial charge is 0.495 e. The lowest BCUT2D eigenvalue weighted by molar-refractivity contribution is -0.135. The van der Waals surface area contributed by atoms with Gasteiger partial charge in [0.1, 0.15) is 11.5 Å². The molecule has 1 fully saturated rings. The van der Waals surface area contributed by atoms with Gasteiger partial charge in [-0.1, -0.05) is 23.7 Å². The topological polar surface area (TPSA) is 67.9 Å². The highest BCUT2D eigenvalue weighted by atomic mass is 35.5. The Bertz CT molecular complexity index is 905. The Kier molecular flexibility index (Phi) is 8.80. The van der Waals surface area contributed by atoms with Gasteiger partial charge in [-0.05, 0) is 53.8 Å². The molecule has 1 aliphatic rings. The minimum Gasteiger partial charge on any atom is -0.495 e. The van der Waals surface area contributed by atoms with Gasteiger partial charge in [0.05, 0.1) is 23.9 Å². The molecule has 2 aromatic rings. The second-order valence-corrected chi connectivity index (χ2v) is 10.1. The standard InChI is InChI=1S/C22H25ClN2O4S2/c1-25(13-20(26)24-18-12-16(23)6-9-19(18)28-2)21(27)14-29-17-7-4-15(5-8-17)22-30-10-3-11-31-22/h4-9,12,22H,3,10-11,13-14H2,1-2H3,(H,24,26). The molecule has 1 aliphatic heterocycles. The maximum absolute atomic E-state index is 12.4. The zero-order chi connectivity index (χ0) is 22.2. The van der Waals surface area contributed by atoms with Gasteiger partial charge < -0.3 is 19.7 Å². The second kappa shape index (κ2) is 11.5. The fourth-order valence-electron chi connectivity index (χ4n) is 2.93. The van der Waals surface area contributed by atoms with Crippen molar-refractivity contribution in [2.45, 2.75) is 11.0 Å². The van der Waals surface area contributed by atoms with E-state index in [0.717, 1.165) is 0 Å². The van der Waals surface area contributed by atoms with Crippen molar-refractivity contribution in [1.82, 2.24) is 4.90 Å². The summed E-state index contributed by atoms with van der Waals surface area (Å²) in [6.45, 7) is -0.260. The number of anilines is 1. The van der Waals surface area contributed by atoms with Gasteiger partial charge in [-0.3, -0.25) is 9.59 Å². The fraction of sp³-hybridized carbons (Fsp3) is 0.364. The van der Waals surface area contributed by atoms with Gasteiger partial charge in [-0.15, -0.1) is 23.5 Å². The maximum atomic E-state index is 12.4. The molecule has 1 N–H and O–H groups in total. The molecule has 9 heteroatoms. The van der Waals surface area contributed by atoms with Crippen molar-refractivity contribution in [3.8, 4) is 11.5 Å². The summed E-state index contributed by atoms with van der Waals surface area (Å²) in [7, 11) is 3.06. The smallest absolute Gasteiger partial charge is 0.260 e. The molecule has 0 unspecified atom stereocenters. The van der Waals surface area contributed by atoms with Crippen LogP contribution < -0.4 is 14.8 Å². The molecule has 1 heterocycles.